The zero-order valence-corrected chi connectivity index (χ0v) is 19.2. The third kappa shape index (κ3) is 5.36. The second-order valence-corrected chi connectivity index (χ2v) is 8.74. The van der Waals surface area contributed by atoms with Gasteiger partial charge in [-0.05, 0) is 31.0 Å². The van der Waals surface area contributed by atoms with Crippen LogP contribution >= 0.6 is 0 Å². The molecule has 1 saturated heterocycles. The molecule has 0 aliphatic carbocycles. The highest BCUT2D eigenvalue weighted by atomic mass is 19.1. The molecule has 0 saturated carbocycles. The van der Waals surface area contributed by atoms with E-state index in [0.29, 0.717) is 5.56 Å². The van der Waals surface area contributed by atoms with Crippen LogP contribution in [0.3, 0.4) is 0 Å². The molecule has 1 aromatic heterocycles. The van der Waals surface area contributed by atoms with Gasteiger partial charge in [0.1, 0.15) is 6.04 Å². The van der Waals surface area contributed by atoms with Gasteiger partial charge in [-0.15, -0.1) is 0 Å². The number of nitrogens with one attached hydrogen (secondary N) is 2. The number of likely N-dealkylation sites (N-methyl/N-ethyl adjacent to an activating group) is 1. The number of halogens is 2. The van der Waals surface area contributed by atoms with Crippen LogP contribution in [-0.2, 0) is 9.59 Å². The fourth-order valence-corrected chi connectivity index (χ4v) is 4.25. The van der Waals surface area contributed by atoms with Crippen LogP contribution < -0.4 is 10.6 Å². The number of hydrogen-bond acceptors (Lipinski definition) is 5. The smallest absolute Gasteiger partial charge is 0.243 e. The summed E-state index contributed by atoms with van der Waals surface area (Å²) in [4.78, 5) is 30.9. The van der Waals surface area contributed by atoms with Gasteiger partial charge in [0.2, 0.25) is 11.8 Å². The summed E-state index contributed by atoms with van der Waals surface area (Å²) < 4.78 is 28.0. The van der Waals surface area contributed by atoms with Crippen molar-refractivity contribution in [2.24, 2.45) is 5.92 Å². The van der Waals surface area contributed by atoms with Gasteiger partial charge in [0.25, 0.3) is 0 Å². The average Bonchev–Trinajstić information content (AvgIpc) is 3.16. The Bertz CT molecular complexity index is 979. The highest BCUT2D eigenvalue weighted by Gasteiger charge is 2.41. The van der Waals surface area contributed by atoms with Crippen molar-refractivity contribution in [2.75, 3.05) is 13.6 Å². The minimum absolute atomic E-state index is 0.0245. The van der Waals surface area contributed by atoms with Gasteiger partial charge in [0.15, 0.2) is 11.6 Å². The highest BCUT2D eigenvalue weighted by Crippen LogP contribution is 2.27. The number of β-amino-alcohol motifs (C(OH)–C–C–N with tert-alkyl or cyclic N) is 1. The predicted octanol–water partition coefficient (Wildman–Crippen LogP) is 2.41. The van der Waals surface area contributed by atoms with Crippen molar-refractivity contribution in [3.8, 4) is 11.1 Å². The summed E-state index contributed by atoms with van der Waals surface area (Å²) in [7, 11) is 1.69. The van der Waals surface area contributed by atoms with Gasteiger partial charge in [-0.3, -0.25) is 14.6 Å². The Morgan fingerprint density at radius 3 is 2.27 bits per heavy atom. The number of likely N-dealkylation sites (tertiary alicyclic amines) is 1. The molecule has 1 aromatic carbocycles. The molecule has 0 radical (unpaired) electrons. The van der Waals surface area contributed by atoms with Crippen molar-refractivity contribution in [1.82, 2.24) is 20.5 Å². The number of benzene rings is 1. The van der Waals surface area contributed by atoms with Crippen LogP contribution in [0.1, 0.15) is 38.8 Å². The zero-order chi connectivity index (χ0) is 24.3. The van der Waals surface area contributed by atoms with E-state index in [1.807, 2.05) is 13.8 Å². The molecule has 9 heteroatoms. The molecular formula is C24H30F2N4O3. The topological polar surface area (TPSA) is 94.6 Å². The van der Waals surface area contributed by atoms with Crippen molar-refractivity contribution >= 4 is 11.8 Å². The number of aliphatic hydroxyl groups excluding tert-OH is 1. The van der Waals surface area contributed by atoms with Crippen molar-refractivity contribution < 1.29 is 23.5 Å². The van der Waals surface area contributed by atoms with E-state index < -0.39 is 35.9 Å². The van der Waals surface area contributed by atoms with Crippen LogP contribution in [0.4, 0.5) is 8.78 Å². The molecular weight excluding hydrogens is 430 g/mol. The summed E-state index contributed by atoms with van der Waals surface area (Å²) in [6.45, 7) is 5.71. The SMILES string of the molecule is CN[C@H](C(=O)N1C[C@H](O)C[C@H]1C(=O)N[C@@H](C)c1ccc(-c2c(F)cncc2F)cc1)C(C)C. The Balaban J connectivity index is 1.72. The lowest BCUT2D eigenvalue weighted by Gasteiger charge is -2.30. The molecule has 1 fully saturated rings. The zero-order valence-electron chi connectivity index (χ0n) is 19.2. The van der Waals surface area contributed by atoms with Crippen LogP contribution in [0.15, 0.2) is 36.7 Å². The summed E-state index contributed by atoms with van der Waals surface area (Å²) in [5.41, 5.74) is 0.928. The number of nitrogens with zero attached hydrogens (tertiary/aromatic N) is 2. The summed E-state index contributed by atoms with van der Waals surface area (Å²) in [6, 6.07) is 4.87. The fraction of sp³-hybridized carbons (Fsp3) is 0.458. The lowest BCUT2D eigenvalue weighted by atomic mass is 10.0. The molecule has 3 N–H and O–H groups in total. The molecule has 0 unspecified atom stereocenters. The fourth-order valence-electron chi connectivity index (χ4n) is 4.25. The average molecular weight is 461 g/mol. The second-order valence-electron chi connectivity index (χ2n) is 8.74. The summed E-state index contributed by atoms with van der Waals surface area (Å²) in [6.07, 6.45) is 1.30. The summed E-state index contributed by atoms with van der Waals surface area (Å²) in [5, 5.41) is 16.0. The third-order valence-electron chi connectivity index (χ3n) is 6.02. The first kappa shape index (κ1) is 24.7. The molecule has 2 heterocycles. The minimum Gasteiger partial charge on any atom is -0.391 e. The maximum atomic E-state index is 14.0. The van der Waals surface area contributed by atoms with E-state index in [2.05, 4.69) is 15.6 Å². The van der Waals surface area contributed by atoms with E-state index in [-0.39, 0.29) is 36.3 Å². The molecule has 3 rings (SSSR count). The summed E-state index contributed by atoms with van der Waals surface area (Å²) in [5.74, 6) is -2.06. The molecule has 7 nitrogen and oxygen atoms in total. The molecule has 0 bridgehead atoms. The molecule has 33 heavy (non-hydrogen) atoms. The number of hydrogen-bond donors (Lipinski definition) is 3. The number of pyridine rings is 1. The Labute approximate surface area is 192 Å². The molecule has 4 atom stereocenters. The van der Waals surface area contributed by atoms with E-state index in [9.17, 15) is 23.5 Å². The maximum Gasteiger partial charge on any atom is 0.243 e. The Morgan fingerprint density at radius 2 is 1.73 bits per heavy atom. The van der Waals surface area contributed by atoms with Gasteiger partial charge in [0, 0.05) is 13.0 Å². The normalized spacial score (nSPS) is 20.1. The van der Waals surface area contributed by atoms with Gasteiger partial charge >= 0.3 is 0 Å². The number of amides is 2. The Morgan fingerprint density at radius 1 is 1.12 bits per heavy atom. The monoisotopic (exact) mass is 460 g/mol. The lowest BCUT2D eigenvalue weighted by Crippen LogP contribution is -2.53. The standard InChI is InChI=1S/C24H30F2N4O3/c1-13(2)22(27-4)24(33)30-12-17(31)9-20(30)23(32)29-14(3)15-5-7-16(8-6-15)21-18(25)10-28-11-19(21)26/h5-8,10-11,13-14,17,20,22,27,31H,9,12H2,1-4H3,(H,29,32)/t14-,17+,20-,22-/m0/s1. The first-order chi connectivity index (χ1) is 15.6. The molecule has 0 spiro atoms. The van der Waals surface area contributed by atoms with Crippen LogP contribution in [0, 0.1) is 17.6 Å². The highest BCUT2D eigenvalue weighted by molar-refractivity contribution is 5.91. The molecule has 1 aliphatic heterocycles. The Kier molecular flexibility index (Phi) is 7.76. The molecule has 2 amide bonds. The van der Waals surface area contributed by atoms with E-state index >= 15 is 0 Å². The number of aliphatic hydroxyl groups is 1. The van der Waals surface area contributed by atoms with E-state index in [4.69, 9.17) is 0 Å². The van der Waals surface area contributed by atoms with Crippen molar-refractivity contribution in [3.63, 3.8) is 0 Å². The first-order valence-corrected chi connectivity index (χ1v) is 11.0. The van der Waals surface area contributed by atoms with Crippen molar-refractivity contribution in [3.05, 3.63) is 53.9 Å². The quantitative estimate of drug-likeness (QED) is 0.590. The van der Waals surface area contributed by atoms with Crippen LogP contribution in [0.5, 0.6) is 0 Å². The van der Waals surface area contributed by atoms with Crippen LogP contribution in [-0.4, -0.2) is 58.6 Å². The summed E-state index contributed by atoms with van der Waals surface area (Å²) >= 11 is 0. The second kappa shape index (κ2) is 10.4. The number of carbonyl (C=O) groups is 2. The van der Waals surface area contributed by atoms with Gasteiger partial charge in [-0.25, -0.2) is 8.78 Å². The first-order valence-electron chi connectivity index (χ1n) is 11.0. The van der Waals surface area contributed by atoms with Gasteiger partial charge < -0.3 is 20.6 Å². The molecule has 1 aliphatic rings. The van der Waals surface area contributed by atoms with Gasteiger partial charge in [-0.2, -0.15) is 0 Å². The van der Waals surface area contributed by atoms with E-state index in [0.717, 1.165) is 18.0 Å². The molecule has 2 aromatic rings. The number of rotatable bonds is 7. The molecule has 178 valence electrons. The maximum absolute atomic E-state index is 14.0. The van der Waals surface area contributed by atoms with Crippen LogP contribution in [0.2, 0.25) is 0 Å². The third-order valence-corrected chi connectivity index (χ3v) is 6.02. The van der Waals surface area contributed by atoms with E-state index in [1.54, 1.807) is 38.2 Å². The minimum atomic E-state index is -0.774. The van der Waals surface area contributed by atoms with E-state index in [1.165, 1.54) is 4.90 Å². The van der Waals surface area contributed by atoms with Crippen LogP contribution in [0.25, 0.3) is 11.1 Å². The van der Waals surface area contributed by atoms with Gasteiger partial charge in [-0.1, -0.05) is 38.1 Å². The lowest BCUT2D eigenvalue weighted by molar-refractivity contribution is -0.141. The number of carbonyl (C=O) groups excluding carboxylic acids is 2. The Hall–Kier alpha value is -2.91. The van der Waals surface area contributed by atoms with Crippen molar-refractivity contribution in [1.29, 1.82) is 0 Å². The largest absolute Gasteiger partial charge is 0.391 e. The van der Waals surface area contributed by atoms with Gasteiger partial charge in [0.05, 0.1) is 36.1 Å². The van der Waals surface area contributed by atoms with Crippen molar-refractivity contribution in [2.45, 2.75) is 51.4 Å². The predicted molar refractivity (Wildman–Crippen MR) is 120 cm³/mol. The number of aromatic nitrogens is 1.